The van der Waals surface area contributed by atoms with E-state index in [-0.39, 0.29) is 17.2 Å². The molecule has 0 radical (unpaired) electrons. The van der Waals surface area contributed by atoms with Crippen molar-refractivity contribution in [3.8, 4) is 17.0 Å². The SMILES string of the molecule is COc1ccc(C)cc1S(=O)(=O)NCc1nc(-c2ccccc2)c(C)o1. The van der Waals surface area contributed by atoms with Crippen LogP contribution in [0.3, 0.4) is 0 Å². The highest BCUT2D eigenvalue weighted by Gasteiger charge is 2.21. The highest BCUT2D eigenvalue weighted by molar-refractivity contribution is 7.89. The average Bonchev–Trinajstić information content (AvgIpc) is 3.01. The smallest absolute Gasteiger partial charge is 0.244 e. The van der Waals surface area contributed by atoms with Crippen molar-refractivity contribution >= 4 is 10.0 Å². The van der Waals surface area contributed by atoms with Crippen LogP contribution < -0.4 is 9.46 Å². The molecule has 6 nitrogen and oxygen atoms in total. The summed E-state index contributed by atoms with van der Waals surface area (Å²) in [6.07, 6.45) is 0. The Labute approximate surface area is 152 Å². The lowest BCUT2D eigenvalue weighted by molar-refractivity contribution is 0.401. The average molecular weight is 372 g/mol. The highest BCUT2D eigenvalue weighted by atomic mass is 32.2. The molecule has 0 spiro atoms. The van der Waals surface area contributed by atoms with Crippen molar-refractivity contribution in [3.05, 3.63) is 65.7 Å². The Morgan fingerprint density at radius 2 is 1.85 bits per heavy atom. The largest absolute Gasteiger partial charge is 0.495 e. The molecule has 0 aliphatic carbocycles. The number of aromatic nitrogens is 1. The maximum absolute atomic E-state index is 12.6. The molecule has 2 aromatic carbocycles. The van der Waals surface area contributed by atoms with Crippen LogP contribution in [0.5, 0.6) is 5.75 Å². The summed E-state index contributed by atoms with van der Waals surface area (Å²) in [4.78, 5) is 4.50. The second-order valence-corrected chi connectivity index (χ2v) is 7.59. The van der Waals surface area contributed by atoms with Gasteiger partial charge in [0.25, 0.3) is 0 Å². The van der Waals surface area contributed by atoms with Crippen LogP contribution in [-0.4, -0.2) is 20.5 Å². The summed E-state index contributed by atoms with van der Waals surface area (Å²) in [6, 6.07) is 14.6. The molecule has 136 valence electrons. The molecule has 0 saturated carbocycles. The maximum Gasteiger partial charge on any atom is 0.244 e. The number of benzene rings is 2. The van der Waals surface area contributed by atoms with E-state index in [4.69, 9.17) is 9.15 Å². The van der Waals surface area contributed by atoms with Gasteiger partial charge in [-0.2, -0.15) is 0 Å². The molecule has 3 rings (SSSR count). The molecule has 3 aromatic rings. The molecule has 1 heterocycles. The van der Waals surface area contributed by atoms with Gasteiger partial charge >= 0.3 is 0 Å². The summed E-state index contributed by atoms with van der Waals surface area (Å²) in [5.74, 6) is 1.23. The summed E-state index contributed by atoms with van der Waals surface area (Å²) >= 11 is 0. The van der Waals surface area contributed by atoms with Gasteiger partial charge in [0, 0.05) is 5.56 Å². The Kier molecular flexibility index (Phi) is 5.11. The Balaban J connectivity index is 1.82. The van der Waals surface area contributed by atoms with Crippen LogP contribution in [0.15, 0.2) is 57.8 Å². The predicted octanol–water partition coefficient (Wildman–Crippen LogP) is 3.45. The van der Waals surface area contributed by atoms with Gasteiger partial charge in [-0.3, -0.25) is 0 Å². The van der Waals surface area contributed by atoms with Crippen molar-refractivity contribution in [3.63, 3.8) is 0 Å². The molecular formula is C19H20N2O4S. The van der Waals surface area contributed by atoms with Crippen LogP contribution in [0.4, 0.5) is 0 Å². The third-order valence-corrected chi connectivity index (χ3v) is 5.33. The van der Waals surface area contributed by atoms with Crippen LogP contribution >= 0.6 is 0 Å². The molecule has 0 atom stereocenters. The first-order valence-corrected chi connectivity index (χ1v) is 9.55. The number of rotatable bonds is 6. The predicted molar refractivity (Wildman–Crippen MR) is 98.4 cm³/mol. The molecule has 0 amide bonds. The molecule has 0 aliphatic heterocycles. The van der Waals surface area contributed by atoms with Gasteiger partial charge in [-0.15, -0.1) is 0 Å². The Morgan fingerprint density at radius 1 is 1.12 bits per heavy atom. The number of ether oxygens (including phenoxy) is 1. The lowest BCUT2D eigenvalue weighted by Crippen LogP contribution is -2.24. The molecule has 0 unspecified atom stereocenters. The third kappa shape index (κ3) is 3.79. The molecule has 1 aromatic heterocycles. The van der Waals surface area contributed by atoms with Gasteiger partial charge in [-0.05, 0) is 31.5 Å². The molecular weight excluding hydrogens is 352 g/mol. The fourth-order valence-corrected chi connectivity index (χ4v) is 3.85. The van der Waals surface area contributed by atoms with Gasteiger partial charge in [0.15, 0.2) is 0 Å². The number of aryl methyl sites for hydroxylation is 2. The second kappa shape index (κ2) is 7.31. The topological polar surface area (TPSA) is 81.4 Å². The Bertz CT molecular complexity index is 1010. The van der Waals surface area contributed by atoms with E-state index in [2.05, 4.69) is 9.71 Å². The van der Waals surface area contributed by atoms with Crippen molar-refractivity contribution < 1.29 is 17.6 Å². The van der Waals surface area contributed by atoms with Crippen LogP contribution in [0, 0.1) is 13.8 Å². The van der Waals surface area contributed by atoms with Gasteiger partial charge in [-0.1, -0.05) is 36.4 Å². The summed E-state index contributed by atoms with van der Waals surface area (Å²) in [7, 11) is -2.33. The molecule has 0 saturated heterocycles. The first kappa shape index (κ1) is 18.2. The fraction of sp³-hybridized carbons (Fsp3) is 0.211. The normalized spacial score (nSPS) is 11.5. The number of hydrogen-bond donors (Lipinski definition) is 1. The first-order valence-electron chi connectivity index (χ1n) is 8.07. The molecule has 0 fully saturated rings. The molecule has 1 N–H and O–H groups in total. The van der Waals surface area contributed by atoms with E-state index in [1.165, 1.54) is 7.11 Å². The minimum absolute atomic E-state index is 0.0485. The lowest BCUT2D eigenvalue weighted by Gasteiger charge is -2.10. The number of oxazole rings is 1. The number of nitrogens with zero attached hydrogens (tertiary/aromatic N) is 1. The quantitative estimate of drug-likeness (QED) is 0.717. The van der Waals surface area contributed by atoms with Crippen LogP contribution in [0.25, 0.3) is 11.3 Å². The summed E-state index contributed by atoms with van der Waals surface area (Å²) in [5.41, 5.74) is 2.45. The monoisotopic (exact) mass is 372 g/mol. The van der Waals surface area contributed by atoms with E-state index in [0.29, 0.717) is 17.3 Å². The zero-order valence-corrected chi connectivity index (χ0v) is 15.6. The van der Waals surface area contributed by atoms with E-state index in [9.17, 15) is 8.42 Å². The van der Waals surface area contributed by atoms with Crippen molar-refractivity contribution in [2.45, 2.75) is 25.3 Å². The van der Waals surface area contributed by atoms with Crippen LogP contribution in [-0.2, 0) is 16.6 Å². The molecule has 26 heavy (non-hydrogen) atoms. The molecule has 0 bridgehead atoms. The molecule has 7 heteroatoms. The molecule has 0 aliphatic rings. The van der Waals surface area contributed by atoms with Crippen molar-refractivity contribution in [1.82, 2.24) is 9.71 Å². The number of sulfonamides is 1. The summed E-state index contributed by atoms with van der Waals surface area (Å²) in [5, 5.41) is 0. The zero-order valence-electron chi connectivity index (χ0n) is 14.8. The standard InChI is InChI=1S/C19H20N2O4S/c1-13-9-10-16(24-3)17(11-13)26(22,23)20-12-18-21-19(14(2)25-18)15-7-5-4-6-8-15/h4-11,20H,12H2,1-3H3. The van der Waals surface area contributed by atoms with Gasteiger partial charge in [0.05, 0.1) is 13.7 Å². The Hall–Kier alpha value is -2.64. The van der Waals surface area contributed by atoms with Crippen molar-refractivity contribution in [2.24, 2.45) is 0 Å². The van der Waals surface area contributed by atoms with Gasteiger partial charge in [0.1, 0.15) is 22.1 Å². The minimum Gasteiger partial charge on any atom is -0.495 e. The van der Waals surface area contributed by atoms with Crippen LogP contribution in [0.2, 0.25) is 0 Å². The van der Waals surface area contributed by atoms with E-state index < -0.39 is 10.0 Å². The van der Waals surface area contributed by atoms with Gasteiger partial charge < -0.3 is 9.15 Å². The van der Waals surface area contributed by atoms with E-state index in [0.717, 1.165) is 11.1 Å². The number of methoxy groups -OCH3 is 1. The van der Waals surface area contributed by atoms with Crippen LogP contribution in [0.1, 0.15) is 17.2 Å². The van der Waals surface area contributed by atoms with E-state index in [1.54, 1.807) is 25.1 Å². The highest BCUT2D eigenvalue weighted by Crippen LogP contribution is 2.26. The zero-order chi connectivity index (χ0) is 18.7. The van der Waals surface area contributed by atoms with Gasteiger partial charge in [-0.25, -0.2) is 18.1 Å². The lowest BCUT2D eigenvalue weighted by atomic mass is 10.1. The van der Waals surface area contributed by atoms with E-state index in [1.807, 2.05) is 37.3 Å². The Morgan fingerprint density at radius 3 is 2.54 bits per heavy atom. The number of nitrogens with one attached hydrogen (secondary N) is 1. The number of hydrogen-bond acceptors (Lipinski definition) is 5. The summed E-state index contributed by atoms with van der Waals surface area (Å²) < 4.78 is 38.6. The third-order valence-electron chi connectivity index (χ3n) is 3.91. The summed E-state index contributed by atoms with van der Waals surface area (Å²) in [6.45, 7) is 3.58. The van der Waals surface area contributed by atoms with Gasteiger partial charge in [0.2, 0.25) is 15.9 Å². The van der Waals surface area contributed by atoms with E-state index >= 15 is 0 Å². The first-order chi connectivity index (χ1) is 12.4. The van der Waals surface area contributed by atoms with Crippen molar-refractivity contribution in [2.75, 3.05) is 7.11 Å². The fourth-order valence-electron chi connectivity index (χ4n) is 2.62. The van der Waals surface area contributed by atoms with Crippen molar-refractivity contribution in [1.29, 1.82) is 0 Å². The minimum atomic E-state index is -3.77. The maximum atomic E-state index is 12.6. The second-order valence-electron chi connectivity index (χ2n) is 5.86.